The number of nitrogens with one attached hydrogen (secondary N) is 2. The molecule has 6 nitrogen and oxygen atoms in total. The van der Waals surface area contributed by atoms with Crippen molar-refractivity contribution < 1.29 is 9.90 Å². The van der Waals surface area contributed by atoms with Gasteiger partial charge in [0.05, 0.1) is 17.6 Å². The SMILES string of the molecule is Cc1cc(CC(=O)O)nc2c(=O)[nH][nH]c12. The van der Waals surface area contributed by atoms with Gasteiger partial charge in [-0.1, -0.05) is 0 Å². The minimum absolute atomic E-state index is 0.179. The molecule has 0 amide bonds. The Kier molecular flexibility index (Phi) is 2.03. The van der Waals surface area contributed by atoms with Crippen LogP contribution >= 0.6 is 0 Å². The number of aromatic nitrogens is 3. The van der Waals surface area contributed by atoms with E-state index in [-0.39, 0.29) is 17.5 Å². The van der Waals surface area contributed by atoms with Crippen LogP contribution in [0.25, 0.3) is 11.0 Å². The highest BCUT2D eigenvalue weighted by Crippen LogP contribution is 2.12. The minimum atomic E-state index is -0.965. The summed E-state index contributed by atoms with van der Waals surface area (Å²) in [6.45, 7) is 1.79. The number of hydrogen-bond acceptors (Lipinski definition) is 3. The second-order valence-corrected chi connectivity index (χ2v) is 3.30. The first-order valence-electron chi connectivity index (χ1n) is 4.36. The maximum atomic E-state index is 11.3. The molecule has 2 aromatic rings. The van der Waals surface area contributed by atoms with Crippen LogP contribution < -0.4 is 5.56 Å². The molecule has 2 aromatic heterocycles. The minimum Gasteiger partial charge on any atom is -0.481 e. The van der Waals surface area contributed by atoms with Crippen LogP contribution in [-0.2, 0) is 11.2 Å². The molecule has 3 N–H and O–H groups in total. The molecule has 0 spiro atoms. The lowest BCUT2D eigenvalue weighted by molar-refractivity contribution is -0.136. The number of carbonyl (C=O) groups is 1. The first-order valence-corrected chi connectivity index (χ1v) is 4.36. The largest absolute Gasteiger partial charge is 0.481 e. The van der Waals surface area contributed by atoms with E-state index in [1.807, 2.05) is 0 Å². The fraction of sp³-hybridized carbons (Fsp3) is 0.222. The molecule has 0 aromatic carbocycles. The summed E-state index contributed by atoms with van der Waals surface area (Å²) in [4.78, 5) is 25.8. The van der Waals surface area contributed by atoms with Crippen LogP contribution in [0.5, 0.6) is 0 Å². The molecular weight excluding hydrogens is 198 g/mol. The Labute approximate surface area is 83.9 Å². The van der Waals surface area contributed by atoms with Gasteiger partial charge >= 0.3 is 5.97 Å². The van der Waals surface area contributed by atoms with E-state index in [0.29, 0.717) is 11.2 Å². The fourth-order valence-electron chi connectivity index (χ4n) is 1.49. The number of hydrogen-bond donors (Lipinski definition) is 3. The standard InChI is InChI=1S/C9H9N3O3/c1-4-2-5(3-6(13)14)10-8-7(4)11-12-9(8)15/h2H,3H2,1H3,(H,13,14)(H2,11,12,15). The highest BCUT2D eigenvalue weighted by molar-refractivity contribution is 5.78. The summed E-state index contributed by atoms with van der Waals surface area (Å²) >= 11 is 0. The molecule has 2 heterocycles. The molecule has 78 valence electrons. The summed E-state index contributed by atoms with van der Waals surface area (Å²) in [7, 11) is 0. The van der Waals surface area contributed by atoms with Gasteiger partial charge in [0.15, 0.2) is 5.52 Å². The highest BCUT2D eigenvalue weighted by atomic mass is 16.4. The van der Waals surface area contributed by atoms with Crippen molar-refractivity contribution in [3.05, 3.63) is 27.7 Å². The summed E-state index contributed by atoms with van der Waals surface area (Å²) in [5, 5.41) is 13.7. The average Bonchev–Trinajstić information content (AvgIpc) is 2.47. The third-order valence-electron chi connectivity index (χ3n) is 2.12. The summed E-state index contributed by atoms with van der Waals surface area (Å²) in [6.07, 6.45) is -0.179. The van der Waals surface area contributed by atoms with Gasteiger partial charge in [-0.05, 0) is 18.6 Å². The summed E-state index contributed by atoms with van der Waals surface area (Å²) in [5.74, 6) is -0.965. The van der Waals surface area contributed by atoms with Crippen LogP contribution in [0.2, 0.25) is 0 Å². The van der Waals surface area contributed by atoms with Crippen molar-refractivity contribution >= 4 is 17.0 Å². The maximum Gasteiger partial charge on any atom is 0.309 e. The Morgan fingerprint density at radius 3 is 2.93 bits per heavy atom. The number of aryl methyl sites for hydroxylation is 1. The van der Waals surface area contributed by atoms with Gasteiger partial charge in [0.1, 0.15) is 0 Å². The number of fused-ring (bicyclic) bond motifs is 1. The van der Waals surface area contributed by atoms with Crippen molar-refractivity contribution in [1.29, 1.82) is 0 Å². The molecule has 0 saturated heterocycles. The zero-order valence-corrected chi connectivity index (χ0v) is 8.00. The second-order valence-electron chi connectivity index (χ2n) is 3.30. The Morgan fingerprint density at radius 2 is 2.27 bits per heavy atom. The van der Waals surface area contributed by atoms with Crippen LogP contribution in [-0.4, -0.2) is 26.3 Å². The molecule has 2 rings (SSSR count). The summed E-state index contributed by atoms with van der Waals surface area (Å²) in [6, 6.07) is 1.65. The predicted molar refractivity (Wildman–Crippen MR) is 52.8 cm³/mol. The average molecular weight is 207 g/mol. The Morgan fingerprint density at radius 1 is 1.53 bits per heavy atom. The topological polar surface area (TPSA) is 98.8 Å². The molecule has 0 aliphatic carbocycles. The van der Waals surface area contributed by atoms with E-state index in [9.17, 15) is 9.59 Å². The normalized spacial score (nSPS) is 10.7. The van der Waals surface area contributed by atoms with Gasteiger partial charge in [0.25, 0.3) is 5.56 Å². The molecule has 0 saturated carbocycles. The Balaban J connectivity index is 2.65. The summed E-state index contributed by atoms with van der Waals surface area (Å²) < 4.78 is 0. The monoisotopic (exact) mass is 207 g/mol. The van der Waals surface area contributed by atoms with Gasteiger partial charge in [0.2, 0.25) is 0 Å². The van der Waals surface area contributed by atoms with Gasteiger partial charge < -0.3 is 5.11 Å². The van der Waals surface area contributed by atoms with E-state index in [4.69, 9.17) is 5.11 Å². The van der Waals surface area contributed by atoms with Gasteiger partial charge in [-0.25, -0.2) is 4.98 Å². The number of H-pyrrole nitrogens is 2. The lowest BCUT2D eigenvalue weighted by Crippen LogP contribution is -2.06. The van der Waals surface area contributed by atoms with Crippen LogP contribution in [0.4, 0.5) is 0 Å². The molecule has 6 heteroatoms. The molecule has 0 bridgehead atoms. The number of aliphatic carboxylic acids is 1. The third-order valence-corrected chi connectivity index (χ3v) is 2.12. The molecular formula is C9H9N3O3. The van der Waals surface area contributed by atoms with Crippen molar-refractivity contribution in [3.8, 4) is 0 Å². The van der Waals surface area contributed by atoms with E-state index in [0.717, 1.165) is 5.56 Å². The molecule has 0 aliphatic rings. The van der Waals surface area contributed by atoms with Gasteiger partial charge in [0, 0.05) is 0 Å². The molecule has 0 radical (unpaired) electrons. The third kappa shape index (κ3) is 1.61. The second kappa shape index (κ2) is 3.23. The number of pyridine rings is 1. The van der Waals surface area contributed by atoms with E-state index in [1.165, 1.54) is 0 Å². The van der Waals surface area contributed by atoms with Gasteiger partial charge in [-0.3, -0.25) is 19.8 Å². The first kappa shape index (κ1) is 9.45. The molecule has 15 heavy (non-hydrogen) atoms. The number of aromatic amines is 2. The van der Waals surface area contributed by atoms with E-state index in [1.54, 1.807) is 13.0 Å². The predicted octanol–water partition coefficient (Wildman–Crippen LogP) is 0.187. The molecule has 0 atom stereocenters. The molecule has 0 unspecified atom stereocenters. The maximum absolute atomic E-state index is 11.3. The van der Waals surface area contributed by atoms with E-state index >= 15 is 0 Å². The van der Waals surface area contributed by atoms with Crippen LogP contribution in [0.1, 0.15) is 11.3 Å². The Hall–Kier alpha value is -2.11. The Bertz CT molecular complexity index is 582. The van der Waals surface area contributed by atoms with Crippen LogP contribution in [0.3, 0.4) is 0 Å². The summed E-state index contributed by atoms with van der Waals surface area (Å²) in [5.41, 5.74) is 1.73. The number of carboxylic acids is 1. The smallest absolute Gasteiger partial charge is 0.309 e. The zero-order chi connectivity index (χ0) is 11.0. The number of nitrogens with zero attached hydrogens (tertiary/aromatic N) is 1. The van der Waals surface area contributed by atoms with E-state index in [2.05, 4.69) is 15.2 Å². The lowest BCUT2D eigenvalue weighted by atomic mass is 10.2. The van der Waals surface area contributed by atoms with Gasteiger partial charge in [-0.2, -0.15) is 0 Å². The quantitative estimate of drug-likeness (QED) is 0.654. The van der Waals surface area contributed by atoms with Crippen molar-refractivity contribution in [1.82, 2.24) is 15.2 Å². The van der Waals surface area contributed by atoms with Crippen molar-refractivity contribution in [2.45, 2.75) is 13.3 Å². The number of carboxylic acid groups (broad SMARTS) is 1. The van der Waals surface area contributed by atoms with Crippen molar-refractivity contribution in [3.63, 3.8) is 0 Å². The molecule has 0 aliphatic heterocycles. The number of rotatable bonds is 2. The van der Waals surface area contributed by atoms with Crippen LogP contribution in [0, 0.1) is 6.92 Å². The lowest BCUT2D eigenvalue weighted by Gasteiger charge is -1.99. The van der Waals surface area contributed by atoms with Gasteiger partial charge in [-0.15, -0.1) is 0 Å². The zero-order valence-electron chi connectivity index (χ0n) is 8.00. The highest BCUT2D eigenvalue weighted by Gasteiger charge is 2.09. The fourth-order valence-corrected chi connectivity index (χ4v) is 1.49. The first-order chi connectivity index (χ1) is 7.08. The molecule has 0 fully saturated rings. The van der Waals surface area contributed by atoms with E-state index < -0.39 is 5.97 Å². The van der Waals surface area contributed by atoms with Crippen molar-refractivity contribution in [2.75, 3.05) is 0 Å². The van der Waals surface area contributed by atoms with Crippen LogP contribution in [0.15, 0.2) is 10.9 Å². The van der Waals surface area contributed by atoms with Crippen molar-refractivity contribution in [2.24, 2.45) is 0 Å².